The van der Waals surface area contributed by atoms with Crippen LogP contribution in [0.5, 0.6) is 0 Å². The van der Waals surface area contributed by atoms with E-state index in [1.54, 1.807) is 0 Å². The Balaban J connectivity index is 1.19. The van der Waals surface area contributed by atoms with E-state index in [4.69, 9.17) is 0 Å². The molecular weight excluding hydrogens is 762 g/mol. The van der Waals surface area contributed by atoms with Crippen LogP contribution in [0.2, 0.25) is 0 Å². The fraction of sp³-hybridized carbons (Fsp3) is 0. The minimum Gasteiger partial charge on any atom is -0.312 e. The average molecular weight is 797 g/mol. The molecule has 2 nitrogen and oxygen atoms in total. The molecule has 2 aromatic heterocycles. The predicted octanol–water partition coefficient (Wildman–Crippen LogP) is 11.0. The van der Waals surface area contributed by atoms with Gasteiger partial charge in [-0.25, -0.2) is 0 Å². The van der Waals surface area contributed by atoms with Gasteiger partial charge in [0.1, 0.15) is 0 Å². The number of benzene rings is 9. The first-order chi connectivity index (χ1) is 29.8. The second-order valence-corrected chi connectivity index (χ2v) is 18.0. The predicted molar refractivity (Wildman–Crippen MR) is 264 cm³/mol. The zero-order valence-electron chi connectivity index (χ0n) is 32.5. The van der Waals surface area contributed by atoms with Gasteiger partial charge in [-0.15, -0.1) is 22.7 Å². The smallest absolute Gasteiger partial charge is 0.249 e. The first kappa shape index (κ1) is 34.1. The molecule has 0 unspecified atom stereocenters. The first-order valence-electron chi connectivity index (χ1n) is 20.7. The summed E-state index contributed by atoms with van der Waals surface area (Å²) in [6, 6.07) is 76.5. The van der Waals surface area contributed by atoms with Crippen LogP contribution in [0.15, 0.2) is 206 Å². The number of hydrogen-bond donors (Lipinski definition) is 0. The summed E-state index contributed by atoms with van der Waals surface area (Å²) in [5, 5.41) is 5.43. The van der Waals surface area contributed by atoms with E-state index in [1.165, 1.54) is 107 Å². The van der Waals surface area contributed by atoms with Crippen LogP contribution in [-0.4, -0.2) is 13.4 Å². The van der Waals surface area contributed by atoms with Crippen molar-refractivity contribution in [3.05, 3.63) is 206 Å². The van der Waals surface area contributed by atoms with Crippen molar-refractivity contribution in [3.63, 3.8) is 0 Å². The van der Waals surface area contributed by atoms with Crippen molar-refractivity contribution in [3.8, 4) is 0 Å². The number of para-hydroxylation sites is 6. The van der Waals surface area contributed by atoms with Crippen molar-refractivity contribution in [1.29, 1.82) is 0 Å². The standard InChI is InChI=1S/C54H34B2N2S2/c1-3-19-35(20-4-1)57-43-29-13-9-25-39(43)55(40-26-10-14-30-44(40)57)51-49-37-23-7-17-33-47(37)60-54(49)52(50-38-24-8-18-34-48(38)59-53(50)51)56-41-27-11-15-31-45(41)58(36-21-5-2-6-22-36)46-32-16-12-28-42(46)56/h1-34H. The molecule has 2 aliphatic heterocycles. The first-order valence-corrected chi connectivity index (χ1v) is 22.3. The van der Waals surface area contributed by atoms with Gasteiger partial charge >= 0.3 is 0 Å². The van der Waals surface area contributed by atoms with Gasteiger partial charge in [-0.1, -0.05) is 146 Å². The second kappa shape index (κ2) is 13.3. The molecule has 0 fully saturated rings. The molecule has 0 spiro atoms. The minimum absolute atomic E-state index is 0.00183. The van der Waals surface area contributed by atoms with Gasteiger partial charge in [0.05, 0.1) is 0 Å². The summed E-state index contributed by atoms with van der Waals surface area (Å²) in [5.74, 6) is 0. The summed E-state index contributed by atoms with van der Waals surface area (Å²) in [6.45, 7) is 0.00367. The van der Waals surface area contributed by atoms with Crippen LogP contribution < -0.4 is 42.6 Å². The Hall–Kier alpha value is -6.85. The number of nitrogens with zero attached hydrogens (tertiary/aromatic N) is 2. The zero-order chi connectivity index (χ0) is 39.3. The van der Waals surface area contributed by atoms with Crippen LogP contribution >= 0.6 is 22.7 Å². The number of thiophene rings is 2. The fourth-order valence-corrected chi connectivity index (χ4v) is 13.0. The lowest BCUT2D eigenvalue weighted by Gasteiger charge is -2.38. The van der Waals surface area contributed by atoms with Crippen LogP contribution in [0.3, 0.4) is 0 Å². The number of rotatable bonds is 4. The molecule has 2 aliphatic rings. The van der Waals surface area contributed by atoms with Gasteiger partial charge in [0.25, 0.3) is 0 Å². The van der Waals surface area contributed by atoms with Crippen molar-refractivity contribution >= 4 is 143 Å². The Bertz CT molecular complexity index is 3160. The summed E-state index contributed by atoms with van der Waals surface area (Å²) in [4.78, 5) is 4.93. The molecule has 0 aliphatic carbocycles. The van der Waals surface area contributed by atoms with Gasteiger partial charge in [0, 0.05) is 52.9 Å². The monoisotopic (exact) mass is 796 g/mol. The Morgan fingerprint density at radius 1 is 0.300 bits per heavy atom. The van der Waals surface area contributed by atoms with Crippen LogP contribution in [0.4, 0.5) is 34.1 Å². The molecule has 0 saturated carbocycles. The summed E-state index contributed by atoms with van der Waals surface area (Å²) in [6.07, 6.45) is 0. The van der Waals surface area contributed by atoms with Gasteiger partial charge in [0.2, 0.25) is 13.4 Å². The summed E-state index contributed by atoms with van der Waals surface area (Å²) in [5.41, 5.74) is 15.4. The highest BCUT2D eigenvalue weighted by molar-refractivity contribution is 7.32. The lowest BCUT2D eigenvalue weighted by Crippen LogP contribution is -2.59. The molecule has 0 radical (unpaired) electrons. The van der Waals surface area contributed by atoms with Crippen molar-refractivity contribution in [2.24, 2.45) is 0 Å². The molecule has 4 heterocycles. The van der Waals surface area contributed by atoms with E-state index in [9.17, 15) is 0 Å². The quantitative estimate of drug-likeness (QED) is 0.164. The van der Waals surface area contributed by atoms with Crippen LogP contribution in [0.1, 0.15) is 0 Å². The van der Waals surface area contributed by atoms with E-state index >= 15 is 0 Å². The maximum atomic E-state index is 2.47. The molecule has 0 atom stereocenters. The van der Waals surface area contributed by atoms with E-state index in [1.807, 2.05) is 22.7 Å². The highest BCUT2D eigenvalue weighted by Crippen LogP contribution is 2.44. The maximum absolute atomic E-state index is 2.47. The van der Waals surface area contributed by atoms with Crippen LogP contribution in [0.25, 0.3) is 40.3 Å². The Kier molecular flexibility index (Phi) is 7.57. The minimum atomic E-state index is 0.00183. The highest BCUT2D eigenvalue weighted by atomic mass is 32.1. The molecular formula is C54H34B2N2S2. The normalized spacial score (nSPS) is 13.2. The zero-order valence-corrected chi connectivity index (χ0v) is 34.1. The maximum Gasteiger partial charge on any atom is 0.249 e. The van der Waals surface area contributed by atoms with E-state index in [2.05, 4.69) is 216 Å². The lowest BCUT2D eigenvalue weighted by molar-refractivity contribution is 1.29. The Labute approximate surface area is 357 Å². The molecule has 0 bridgehead atoms. The Morgan fingerprint density at radius 2 is 0.600 bits per heavy atom. The van der Waals surface area contributed by atoms with E-state index in [-0.39, 0.29) is 13.4 Å². The number of fused-ring (bicyclic) bond motifs is 10. The molecule has 60 heavy (non-hydrogen) atoms. The molecule has 6 heteroatoms. The average Bonchev–Trinajstić information content (AvgIpc) is 3.89. The highest BCUT2D eigenvalue weighted by Gasteiger charge is 2.42. The second-order valence-electron chi connectivity index (χ2n) is 15.9. The molecule has 13 rings (SSSR count). The van der Waals surface area contributed by atoms with Crippen molar-refractivity contribution < 1.29 is 0 Å². The van der Waals surface area contributed by atoms with Gasteiger partial charge < -0.3 is 9.80 Å². The van der Waals surface area contributed by atoms with Crippen molar-refractivity contribution in [1.82, 2.24) is 0 Å². The molecule has 0 N–H and O–H groups in total. The van der Waals surface area contributed by atoms with Gasteiger partial charge in [0.15, 0.2) is 0 Å². The topological polar surface area (TPSA) is 6.48 Å². The van der Waals surface area contributed by atoms with Crippen LogP contribution in [-0.2, 0) is 0 Å². The van der Waals surface area contributed by atoms with Crippen LogP contribution in [0, 0.1) is 0 Å². The molecule has 278 valence electrons. The van der Waals surface area contributed by atoms with Gasteiger partial charge in [-0.2, -0.15) is 0 Å². The number of hydrogen-bond acceptors (Lipinski definition) is 4. The van der Waals surface area contributed by atoms with E-state index < -0.39 is 0 Å². The van der Waals surface area contributed by atoms with Crippen molar-refractivity contribution in [2.45, 2.75) is 0 Å². The fourth-order valence-electron chi connectivity index (χ4n) is 10.5. The van der Waals surface area contributed by atoms with Gasteiger partial charge in [-0.3, -0.25) is 0 Å². The Morgan fingerprint density at radius 3 is 0.967 bits per heavy atom. The molecule has 9 aromatic carbocycles. The molecule has 0 saturated heterocycles. The third-order valence-corrected chi connectivity index (χ3v) is 15.2. The third-order valence-electron chi connectivity index (χ3n) is 12.8. The lowest BCUT2D eigenvalue weighted by atomic mass is 9.32. The van der Waals surface area contributed by atoms with E-state index in [0.717, 1.165) is 0 Å². The van der Waals surface area contributed by atoms with Gasteiger partial charge in [-0.05, 0) is 115 Å². The summed E-state index contributed by atoms with van der Waals surface area (Å²) < 4.78 is 5.41. The summed E-state index contributed by atoms with van der Waals surface area (Å²) in [7, 11) is 0. The molecule has 0 amide bonds. The van der Waals surface area contributed by atoms with Crippen molar-refractivity contribution in [2.75, 3.05) is 9.80 Å². The summed E-state index contributed by atoms with van der Waals surface area (Å²) >= 11 is 3.95. The third kappa shape index (κ3) is 4.83. The molecule has 11 aromatic rings. The van der Waals surface area contributed by atoms with E-state index in [0.29, 0.717) is 0 Å². The largest absolute Gasteiger partial charge is 0.312 e. The number of anilines is 6. The SMILES string of the molecule is c1ccc(N2c3ccccc3B(c3c4sc5ccccc5c4c(B4c5ccccc5N(c5ccccc5)c5ccccc54)c4sc5ccccc5c34)c3ccccc32)cc1.